The highest BCUT2D eigenvalue weighted by Gasteiger charge is 2.36. The Labute approximate surface area is 301 Å². The van der Waals surface area contributed by atoms with Crippen LogP contribution in [0, 0.1) is 0 Å². The molecule has 0 atom stereocenters. The monoisotopic (exact) mass is 665 g/mol. The summed E-state index contributed by atoms with van der Waals surface area (Å²) in [5.74, 6) is 0. The van der Waals surface area contributed by atoms with E-state index in [0.717, 1.165) is 0 Å². The number of para-hydroxylation sites is 2. The molecule has 1 aliphatic heterocycles. The van der Waals surface area contributed by atoms with Crippen molar-refractivity contribution in [1.29, 1.82) is 0 Å². The van der Waals surface area contributed by atoms with Crippen LogP contribution in [-0.2, 0) is 16.2 Å². The predicted molar refractivity (Wildman–Crippen MR) is 219 cm³/mol. The minimum atomic E-state index is -0.237. The second-order valence-corrected chi connectivity index (χ2v) is 17.3. The first-order valence-electron chi connectivity index (χ1n) is 18.3. The lowest BCUT2D eigenvalue weighted by molar-refractivity contribution is 0.591. The molecule has 0 spiro atoms. The first-order chi connectivity index (χ1) is 24.2. The van der Waals surface area contributed by atoms with Crippen LogP contribution in [0.2, 0.25) is 0 Å². The van der Waals surface area contributed by atoms with Gasteiger partial charge in [-0.1, -0.05) is 104 Å². The molecule has 0 amide bonds. The van der Waals surface area contributed by atoms with Gasteiger partial charge in [0.15, 0.2) is 0 Å². The maximum atomic E-state index is 2.46. The zero-order chi connectivity index (χ0) is 35.6. The van der Waals surface area contributed by atoms with Crippen LogP contribution in [0.5, 0.6) is 0 Å². The average molecular weight is 666 g/mol. The van der Waals surface area contributed by atoms with Gasteiger partial charge >= 0.3 is 0 Å². The van der Waals surface area contributed by atoms with Crippen molar-refractivity contribution in [2.45, 2.75) is 71.6 Å². The third kappa shape index (κ3) is 4.63. The van der Waals surface area contributed by atoms with E-state index in [1.54, 1.807) is 0 Å². The summed E-state index contributed by atoms with van der Waals surface area (Å²) in [6.45, 7) is 18.6. The largest absolute Gasteiger partial charge is 0.344 e. The molecule has 2 aromatic heterocycles. The molecule has 0 radical (unpaired) electrons. The van der Waals surface area contributed by atoms with Crippen molar-refractivity contribution in [3.05, 3.63) is 144 Å². The van der Waals surface area contributed by atoms with Crippen molar-refractivity contribution in [3.63, 3.8) is 0 Å². The molecule has 3 nitrogen and oxygen atoms in total. The lowest BCUT2D eigenvalue weighted by atomic mass is 9.73. The van der Waals surface area contributed by atoms with Crippen molar-refractivity contribution < 1.29 is 0 Å². The number of nitrogens with zero attached hydrogens (tertiary/aromatic N) is 3. The Kier molecular flexibility index (Phi) is 6.60. The smallest absolute Gasteiger partial charge is 0.0541 e. The highest BCUT2D eigenvalue weighted by molar-refractivity contribution is 6.10. The lowest BCUT2D eigenvalue weighted by Gasteiger charge is -2.41. The van der Waals surface area contributed by atoms with Crippen LogP contribution in [0.3, 0.4) is 0 Å². The molecule has 6 aromatic carbocycles. The quantitative estimate of drug-likeness (QED) is 0.179. The molecular formula is C48H47N3. The highest BCUT2D eigenvalue weighted by Crippen LogP contribution is 2.50. The standard InChI is InChI=1S/C48H47N3/c1-46(2,3)30-18-22-42-36(26-30)34-14-10-12-16-40(34)50(42)32-20-24-44-38(28-32)48(7,8)39-29-33(21-25-45(39)49(44)9)51-41-17-13-11-15-35(41)37-27-31(47(4,5)6)19-23-43(37)51/h10-29H,1-9H3. The molecular weight excluding hydrogens is 619 g/mol. The van der Waals surface area contributed by atoms with Gasteiger partial charge in [-0.3, -0.25) is 0 Å². The molecule has 0 saturated carbocycles. The van der Waals surface area contributed by atoms with Gasteiger partial charge < -0.3 is 14.0 Å². The summed E-state index contributed by atoms with van der Waals surface area (Å²) in [5.41, 5.74) is 15.2. The molecule has 0 fully saturated rings. The molecule has 0 N–H and O–H groups in total. The van der Waals surface area contributed by atoms with Crippen molar-refractivity contribution in [3.8, 4) is 11.4 Å². The number of rotatable bonds is 2. The van der Waals surface area contributed by atoms with Crippen LogP contribution in [-0.4, -0.2) is 16.2 Å². The van der Waals surface area contributed by atoms with E-state index < -0.39 is 0 Å². The van der Waals surface area contributed by atoms with E-state index in [4.69, 9.17) is 0 Å². The van der Waals surface area contributed by atoms with Gasteiger partial charge in [-0.2, -0.15) is 0 Å². The fraction of sp³-hybridized carbons (Fsp3) is 0.250. The van der Waals surface area contributed by atoms with E-state index in [1.165, 1.54) is 88.6 Å². The summed E-state index contributed by atoms with van der Waals surface area (Å²) in [6, 6.07) is 45.9. The summed E-state index contributed by atoms with van der Waals surface area (Å²) in [4.78, 5) is 2.38. The minimum Gasteiger partial charge on any atom is -0.344 e. The summed E-state index contributed by atoms with van der Waals surface area (Å²) >= 11 is 0. The van der Waals surface area contributed by atoms with Crippen molar-refractivity contribution in [1.82, 2.24) is 9.13 Å². The van der Waals surface area contributed by atoms with Crippen LogP contribution in [0.15, 0.2) is 121 Å². The van der Waals surface area contributed by atoms with Gasteiger partial charge in [0, 0.05) is 56.8 Å². The number of fused-ring (bicyclic) bond motifs is 8. The molecule has 1 aliphatic rings. The van der Waals surface area contributed by atoms with Crippen LogP contribution < -0.4 is 4.90 Å². The van der Waals surface area contributed by atoms with Crippen LogP contribution >= 0.6 is 0 Å². The lowest BCUT2D eigenvalue weighted by Crippen LogP contribution is -2.31. The second kappa shape index (κ2) is 10.6. The van der Waals surface area contributed by atoms with Gasteiger partial charge in [-0.05, 0) is 106 Å². The Hall–Kier alpha value is -5.28. The Morgan fingerprint density at radius 3 is 1.24 bits per heavy atom. The third-order valence-corrected chi connectivity index (χ3v) is 11.6. The molecule has 8 aromatic rings. The SMILES string of the molecule is CN1c2ccc(-n3c4ccccc4c4cc(C(C)(C)C)ccc43)cc2C(C)(C)c2cc(-n3c4ccccc4c4cc(C(C)(C)C)ccc43)ccc21. The van der Waals surface area contributed by atoms with E-state index in [-0.39, 0.29) is 16.2 Å². The fourth-order valence-corrected chi connectivity index (χ4v) is 8.62. The summed E-state index contributed by atoms with van der Waals surface area (Å²) in [7, 11) is 2.22. The van der Waals surface area contributed by atoms with Crippen LogP contribution in [0.25, 0.3) is 55.0 Å². The first-order valence-corrected chi connectivity index (χ1v) is 18.3. The Bertz CT molecular complexity index is 2520. The second-order valence-electron chi connectivity index (χ2n) is 17.3. The molecule has 0 aliphatic carbocycles. The Morgan fingerprint density at radius 1 is 0.431 bits per heavy atom. The summed E-state index contributed by atoms with van der Waals surface area (Å²) < 4.78 is 4.92. The highest BCUT2D eigenvalue weighted by atomic mass is 15.1. The Morgan fingerprint density at radius 2 is 0.824 bits per heavy atom. The summed E-state index contributed by atoms with van der Waals surface area (Å²) in [5, 5.41) is 5.21. The van der Waals surface area contributed by atoms with Crippen LogP contribution in [0.1, 0.15) is 77.6 Å². The zero-order valence-corrected chi connectivity index (χ0v) is 31.4. The van der Waals surface area contributed by atoms with Gasteiger partial charge in [0.1, 0.15) is 0 Å². The van der Waals surface area contributed by atoms with E-state index in [9.17, 15) is 0 Å². The van der Waals surface area contributed by atoms with Crippen molar-refractivity contribution in [2.75, 3.05) is 11.9 Å². The minimum absolute atomic E-state index is 0.0820. The average Bonchev–Trinajstić information content (AvgIpc) is 3.62. The Balaban J connectivity index is 1.22. The number of hydrogen-bond acceptors (Lipinski definition) is 1. The molecule has 0 bridgehead atoms. The molecule has 9 rings (SSSR count). The zero-order valence-electron chi connectivity index (χ0n) is 31.4. The number of aromatic nitrogens is 2. The number of hydrogen-bond donors (Lipinski definition) is 0. The fourth-order valence-electron chi connectivity index (χ4n) is 8.62. The van der Waals surface area contributed by atoms with Gasteiger partial charge in [-0.25, -0.2) is 0 Å². The van der Waals surface area contributed by atoms with Crippen molar-refractivity contribution in [2.24, 2.45) is 0 Å². The van der Waals surface area contributed by atoms with Crippen molar-refractivity contribution >= 4 is 55.0 Å². The van der Waals surface area contributed by atoms with E-state index in [1.807, 2.05) is 0 Å². The third-order valence-electron chi connectivity index (χ3n) is 11.6. The molecule has 3 heteroatoms. The molecule has 0 saturated heterocycles. The van der Waals surface area contributed by atoms with Gasteiger partial charge in [0.2, 0.25) is 0 Å². The topological polar surface area (TPSA) is 13.1 Å². The van der Waals surface area contributed by atoms with Crippen LogP contribution in [0.4, 0.5) is 11.4 Å². The molecule has 3 heterocycles. The molecule has 51 heavy (non-hydrogen) atoms. The summed E-state index contributed by atoms with van der Waals surface area (Å²) in [6.07, 6.45) is 0. The maximum absolute atomic E-state index is 2.46. The molecule has 254 valence electrons. The number of anilines is 2. The molecule has 0 unspecified atom stereocenters. The van der Waals surface area contributed by atoms with Gasteiger partial charge in [0.25, 0.3) is 0 Å². The first kappa shape index (κ1) is 31.7. The van der Waals surface area contributed by atoms with E-state index >= 15 is 0 Å². The number of benzene rings is 6. The normalized spacial score (nSPS) is 14.5. The maximum Gasteiger partial charge on any atom is 0.0541 e. The van der Waals surface area contributed by atoms with E-state index in [2.05, 4.69) is 198 Å². The predicted octanol–water partition coefficient (Wildman–Crippen LogP) is 12.9. The van der Waals surface area contributed by atoms with E-state index in [0.29, 0.717) is 0 Å². The van der Waals surface area contributed by atoms with Gasteiger partial charge in [-0.15, -0.1) is 0 Å². The van der Waals surface area contributed by atoms with Gasteiger partial charge in [0.05, 0.1) is 22.1 Å².